The smallest absolute Gasteiger partial charge is 0.225 e. The minimum atomic E-state index is -0.0510. The third kappa shape index (κ3) is 3.75. The Morgan fingerprint density at radius 3 is 2.69 bits per heavy atom. The Kier molecular flexibility index (Phi) is 5.58. The maximum absolute atomic E-state index is 12.6. The van der Waals surface area contributed by atoms with E-state index in [4.69, 9.17) is 9.47 Å². The van der Waals surface area contributed by atoms with Crippen molar-refractivity contribution in [3.05, 3.63) is 63.8 Å². The molecule has 150 valence electrons. The second-order valence-electron chi connectivity index (χ2n) is 7.29. The Morgan fingerprint density at radius 1 is 1.17 bits per heavy atom. The Morgan fingerprint density at radius 2 is 1.97 bits per heavy atom. The lowest BCUT2D eigenvalue weighted by Crippen LogP contribution is -2.23. The molecule has 1 aliphatic rings. The third-order valence-electron chi connectivity index (χ3n) is 5.21. The number of para-hydroxylation sites is 1. The number of fused-ring (bicyclic) bond motifs is 1. The number of hydrogen-bond acceptors (Lipinski definition) is 4. The molecule has 1 aromatic heterocycles. The standard InChI is InChI=1S/C24H25NO3S/c1-4-12-28-23-17(6-5-7-20(23)27-3)18-13-21(26)25-22-19(14-29-24(18)22)16-10-8-15(2)9-11-16/h5-11,14,18H,4,12-13H2,1-3H3,(H,25,26)/t18-/m0/s1. The van der Waals surface area contributed by atoms with Crippen molar-refractivity contribution < 1.29 is 14.3 Å². The molecule has 1 aliphatic heterocycles. The van der Waals surface area contributed by atoms with E-state index in [9.17, 15) is 4.79 Å². The fourth-order valence-electron chi connectivity index (χ4n) is 3.75. The highest BCUT2D eigenvalue weighted by Crippen LogP contribution is 2.49. The molecular formula is C24H25NO3S. The van der Waals surface area contributed by atoms with E-state index in [0.29, 0.717) is 18.8 Å². The number of ether oxygens (including phenoxy) is 2. The molecule has 0 saturated carbocycles. The van der Waals surface area contributed by atoms with Crippen molar-refractivity contribution in [2.45, 2.75) is 32.6 Å². The summed E-state index contributed by atoms with van der Waals surface area (Å²) in [6.07, 6.45) is 1.31. The quantitative estimate of drug-likeness (QED) is 0.545. The average molecular weight is 408 g/mol. The summed E-state index contributed by atoms with van der Waals surface area (Å²) in [6, 6.07) is 14.3. The zero-order valence-electron chi connectivity index (χ0n) is 17.0. The van der Waals surface area contributed by atoms with Crippen molar-refractivity contribution >= 4 is 22.9 Å². The average Bonchev–Trinajstić information content (AvgIpc) is 3.15. The van der Waals surface area contributed by atoms with Gasteiger partial charge in [-0.3, -0.25) is 4.79 Å². The lowest BCUT2D eigenvalue weighted by atomic mass is 9.88. The van der Waals surface area contributed by atoms with Crippen LogP contribution in [-0.2, 0) is 4.79 Å². The summed E-state index contributed by atoms with van der Waals surface area (Å²) >= 11 is 1.69. The number of rotatable bonds is 6. The van der Waals surface area contributed by atoms with Gasteiger partial charge in [-0.15, -0.1) is 11.3 Å². The van der Waals surface area contributed by atoms with Gasteiger partial charge in [-0.05, 0) is 25.0 Å². The molecule has 0 radical (unpaired) electrons. The van der Waals surface area contributed by atoms with Crippen molar-refractivity contribution in [2.24, 2.45) is 0 Å². The van der Waals surface area contributed by atoms with Gasteiger partial charge >= 0.3 is 0 Å². The molecule has 0 bridgehead atoms. The molecule has 2 heterocycles. The highest BCUT2D eigenvalue weighted by atomic mass is 32.1. The third-order valence-corrected chi connectivity index (χ3v) is 6.30. The van der Waals surface area contributed by atoms with Crippen LogP contribution in [0.25, 0.3) is 11.1 Å². The van der Waals surface area contributed by atoms with Crippen LogP contribution in [0.1, 0.15) is 41.7 Å². The van der Waals surface area contributed by atoms with E-state index in [-0.39, 0.29) is 11.8 Å². The molecule has 0 aliphatic carbocycles. The monoisotopic (exact) mass is 407 g/mol. The Hall–Kier alpha value is -2.79. The topological polar surface area (TPSA) is 47.6 Å². The summed E-state index contributed by atoms with van der Waals surface area (Å²) in [7, 11) is 1.65. The van der Waals surface area contributed by atoms with Gasteiger partial charge in [0.25, 0.3) is 0 Å². The Labute approximate surface area is 175 Å². The van der Waals surface area contributed by atoms with Crippen LogP contribution >= 0.6 is 11.3 Å². The van der Waals surface area contributed by atoms with Crippen molar-refractivity contribution in [1.29, 1.82) is 0 Å². The predicted molar refractivity (Wildman–Crippen MR) is 118 cm³/mol. The number of amides is 1. The molecule has 1 atom stereocenters. The number of benzene rings is 2. The van der Waals surface area contributed by atoms with Crippen LogP contribution in [0.4, 0.5) is 5.69 Å². The number of carbonyl (C=O) groups excluding carboxylic acids is 1. The largest absolute Gasteiger partial charge is 0.493 e. The first-order chi connectivity index (χ1) is 14.1. The first-order valence-corrected chi connectivity index (χ1v) is 10.8. The van der Waals surface area contributed by atoms with Gasteiger partial charge in [0.1, 0.15) is 0 Å². The van der Waals surface area contributed by atoms with Crippen molar-refractivity contribution in [2.75, 3.05) is 19.0 Å². The lowest BCUT2D eigenvalue weighted by Gasteiger charge is -2.26. The second-order valence-corrected chi connectivity index (χ2v) is 8.20. The van der Waals surface area contributed by atoms with Crippen molar-refractivity contribution in [3.63, 3.8) is 0 Å². The number of carbonyl (C=O) groups is 1. The molecule has 4 rings (SSSR count). The van der Waals surface area contributed by atoms with Gasteiger partial charge in [0.15, 0.2) is 11.5 Å². The van der Waals surface area contributed by atoms with Gasteiger partial charge in [0, 0.05) is 33.7 Å². The number of hydrogen-bond donors (Lipinski definition) is 1. The molecule has 29 heavy (non-hydrogen) atoms. The van der Waals surface area contributed by atoms with Gasteiger partial charge in [0.2, 0.25) is 5.91 Å². The van der Waals surface area contributed by atoms with Crippen molar-refractivity contribution in [1.82, 2.24) is 0 Å². The Balaban J connectivity index is 1.81. The summed E-state index contributed by atoms with van der Waals surface area (Å²) in [5.74, 6) is 1.43. The van der Waals surface area contributed by atoms with Crippen LogP contribution < -0.4 is 14.8 Å². The van der Waals surface area contributed by atoms with E-state index >= 15 is 0 Å². The fraction of sp³-hybridized carbons (Fsp3) is 0.292. The van der Waals surface area contributed by atoms with Crippen LogP contribution in [0, 0.1) is 6.92 Å². The lowest BCUT2D eigenvalue weighted by molar-refractivity contribution is -0.116. The van der Waals surface area contributed by atoms with Gasteiger partial charge in [0.05, 0.1) is 19.4 Å². The molecule has 0 spiro atoms. The number of nitrogens with one attached hydrogen (secondary N) is 1. The summed E-state index contributed by atoms with van der Waals surface area (Å²) in [5, 5.41) is 5.25. The minimum absolute atomic E-state index is 0.0264. The SMILES string of the molecule is CCCOc1c(OC)cccc1[C@@H]1CC(=O)Nc2c(-c3ccc(C)cc3)csc21. The van der Waals surface area contributed by atoms with Crippen LogP contribution in [0.15, 0.2) is 47.8 Å². The van der Waals surface area contributed by atoms with Gasteiger partial charge in [-0.25, -0.2) is 0 Å². The second kappa shape index (κ2) is 8.29. The zero-order valence-corrected chi connectivity index (χ0v) is 17.8. The minimum Gasteiger partial charge on any atom is -0.493 e. The van der Waals surface area contributed by atoms with E-state index in [0.717, 1.165) is 39.4 Å². The predicted octanol–water partition coefficient (Wildman–Crippen LogP) is 6.00. The van der Waals surface area contributed by atoms with Gasteiger partial charge in [-0.1, -0.05) is 48.9 Å². The van der Waals surface area contributed by atoms with Crippen molar-refractivity contribution in [3.8, 4) is 22.6 Å². The van der Waals surface area contributed by atoms with E-state index < -0.39 is 0 Å². The summed E-state index contributed by atoms with van der Waals surface area (Å²) in [4.78, 5) is 13.8. The summed E-state index contributed by atoms with van der Waals surface area (Å²) < 4.78 is 11.6. The molecule has 1 amide bonds. The zero-order chi connectivity index (χ0) is 20.4. The number of methoxy groups -OCH3 is 1. The van der Waals surface area contributed by atoms with E-state index in [1.165, 1.54) is 5.56 Å². The molecule has 1 N–H and O–H groups in total. The van der Waals surface area contributed by atoms with Crippen LogP contribution in [0.2, 0.25) is 0 Å². The number of aryl methyl sites for hydroxylation is 1. The molecule has 2 aromatic carbocycles. The first-order valence-electron chi connectivity index (χ1n) is 9.90. The van der Waals surface area contributed by atoms with E-state index in [2.05, 4.69) is 48.8 Å². The first kappa shape index (κ1) is 19.5. The molecule has 0 saturated heterocycles. The maximum Gasteiger partial charge on any atom is 0.225 e. The normalized spacial score (nSPS) is 15.6. The van der Waals surface area contributed by atoms with Crippen LogP contribution in [0.5, 0.6) is 11.5 Å². The molecule has 0 unspecified atom stereocenters. The number of anilines is 1. The van der Waals surface area contributed by atoms with Crippen LogP contribution in [-0.4, -0.2) is 19.6 Å². The highest BCUT2D eigenvalue weighted by molar-refractivity contribution is 7.11. The van der Waals surface area contributed by atoms with Gasteiger partial charge in [-0.2, -0.15) is 0 Å². The summed E-state index contributed by atoms with van der Waals surface area (Å²) in [6.45, 7) is 4.76. The summed E-state index contributed by atoms with van der Waals surface area (Å²) in [5.41, 5.74) is 5.33. The van der Waals surface area contributed by atoms with E-state index in [1.54, 1.807) is 18.4 Å². The highest BCUT2D eigenvalue weighted by Gasteiger charge is 2.33. The van der Waals surface area contributed by atoms with Gasteiger partial charge < -0.3 is 14.8 Å². The van der Waals surface area contributed by atoms with Crippen LogP contribution in [0.3, 0.4) is 0 Å². The van der Waals surface area contributed by atoms with E-state index in [1.807, 2.05) is 18.2 Å². The Bertz CT molecular complexity index is 1020. The molecule has 0 fully saturated rings. The molecule has 4 nitrogen and oxygen atoms in total. The molecular weight excluding hydrogens is 382 g/mol. The molecule has 5 heteroatoms. The molecule has 3 aromatic rings. The number of thiophene rings is 1. The fourth-order valence-corrected chi connectivity index (χ4v) is 4.90. The maximum atomic E-state index is 12.6.